The fourth-order valence-electron chi connectivity index (χ4n) is 1.83. The first-order valence-electron chi connectivity index (χ1n) is 5.59. The van der Waals surface area contributed by atoms with Gasteiger partial charge in [-0.3, -0.25) is 0 Å². The van der Waals surface area contributed by atoms with Crippen LogP contribution in [0.15, 0.2) is 65.6 Å². The van der Waals surface area contributed by atoms with E-state index >= 15 is 0 Å². The molecule has 0 aromatic heterocycles. The summed E-state index contributed by atoms with van der Waals surface area (Å²) in [7, 11) is 0. The largest absolute Gasteiger partial charge is 0.489 e. The first-order chi connectivity index (χ1) is 8.43. The van der Waals surface area contributed by atoms with Crippen LogP contribution in [0, 0.1) is 0 Å². The van der Waals surface area contributed by atoms with Gasteiger partial charge in [0, 0.05) is 15.4 Å². The Hall–Kier alpha value is -1.67. The van der Waals surface area contributed by atoms with Crippen molar-refractivity contribution >= 4 is 16.7 Å². The van der Waals surface area contributed by atoms with Gasteiger partial charge in [0.15, 0.2) is 0 Å². The fraction of sp³-hybridized carbons (Fsp3) is 0.0667. The summed E-state index contributed by atoms with van der Waals surface area (Å²) < 4.78 is 5.60. The van der Waals surface area contributed by atoms with Gasteiger partial charge in [0.25, 0.3) is 0 Å². The minimum Gasteiger partial charge on any atom is -0.489 e. The van der Waals surface area contributed by atoms with Crippen LogP contribution in [0.4, 0.5) is 0 Å². The number of benzene rings is 2. The van der Waals surface area contributed by atoms with Crippen molar-refractivity contribution in [1.29, 1.82) is 0 Å². The number of para-hydroxylation sites is 1. The molecule has 1 nitrogen and oxygen atoms in total. The molecule has 0 saturated heterocycles. The van der Waals surface area contributed by atoms with Gasteiger partial charge in [-0.15, -0.1) is 0 Å². The zero-order chi connectivity index (χ0) is 11.5. The van der Waals surface area contributed by atoms with Gasteiger partial charge in [0.05, 0.1) is 0 Å². The second kappa shape index (κ2) is 4.68. The summed E-state index contributed by atoms with van der Waals surface area (Å²) in [5.41, 5.74) is 1.19. The average molecular weight is 240 g/mol. The van der Waals surface area contributed by atoms with Crippen molar-refractivity contribution in [1.82, 2.24) is 0 Å². The van der Waals surface area contributed by atoms with E-state index in [0.717, 1.165) is 5.75 Å². The molecular weight excluding hydrogens is 228 g/mol. The molecule has 84 valence electrons. The summed E-state index contributed by atoms with van der Waals surface area (Å²) in [6.45, 7) is 0.659. The van der Waals surface area contributed by atoms with Gasteiger partial charge in [-0.25, -0.2) is 0 Å². The predicted molar refractivity (Wildman–Crippen MR) is 72.2 cm³/mol. The molecule has 0 fully saturated rings. The lowest BCUT2D eigenvalue weighted by molar-refractivity contribution is 0.358. The molecular formula is C15H12OS. The molecule has 0 N–H and O–H groups in total. The van der Waals surface area contributed by atoms with Crippen LogP contribution in [-0.2, 0) is 0 Å². The maximum absolute atomic E-state index is 5.60. The third-order valence-electron chi connectivity index (χ3n) is 2.63. The van der Waals surface area contributed by atoms with Crippen molar-refractivity contribution in [3.05, 3.63) is 66.2 Å². The van der Waals surface area contributed by atoms with Gasteiger partial charge >= 0.3 is 0 Å². The molecule has 0 atom stereocenters. The topological polar surface area (TPSA) is 9.23 Å². The highest BCUT2D eigenvalue weighted by Crippen LogP contribution is 2.40. The average Bonchev–Trinajstić information content (AvgIpc) is 2.40. The number of hydrogen-bond acceptors (Lipinski definition) is 2. The molecule has 0 unspecified atom stereocenters. The van der Waals surface area contributed by atoms with Crippen LogP contribution >= 0.6 is 11.8 Å². The van der Waals surface area contributed by atoms with E-state index in [1.165, 1.54) is 15.4 Å². The summed E-state index contributed by atoms with van der Waals surface area (Å²) >= 11 is 1.79. The van der Waals surface area contributed by atoms with E-state index in [2.05, 4.69) is 36.4 Å². The molecule has 0 amide bonds. The van der Waals surface area contributed by atoms with Crippen LogP contribution in [0.2, 0.25) is 0 Å². The zero-order valence-electron chi connectivity index (χ0n) is 9.30. The molecule has 0 aliphatic carbocycles. The predicted octanol–water partition coefficient (Wildman–Crippen LogP) is 4.21. The lowest BCUT2D eigenvalue weighted by Crippen LogP contribution is -2.02. The first-order valence-corrected chi connectivity index (χ1v) is 6.40. The van der Waals surface area contributed by atoms with Crippen molar-refractivity contribution in [3.63, 3.8) is 0 Å². The third kappa shape index (κ3) is 2.22. The van der Waals surface area contributed by atoms with Crippen molar-refractivity contribution in [3.8, 4) is 5.75 Å². The summed E-state index contributed by atoms with van der Waals surface area (Å²) in [6.07, 6.45) is 2.14. The molecule has 17 heavy (non-hydrogen) atoms. The maximum Gasteiger partial charge on any atom is 0.128 e. The highest BCUT2D eigenvalue weighted by molar-refractivity contribution is 8.08. The van der Waals surface area contributed by atoms with Crippen LogP contribution in [-0.4, -0.2) is 6.61 Å². The lowest BCUT2D eigenvalue weighted by atomic mass is 10.1. The Morgan fingerprint density at radius 3 is 2.53 bits per heavy atom. The summed E-state index contributed by atoms with van der Waals surface area (Å²) in [6, 6.07) is 18.6. The number of hydrogen-bond donors (Lipinski definition) is 0. The van der Waals surface area contributed by atoms with Gasteiger partial charge in [0.2, 0.25) is 0 Å². The highest BCUT2D eigenvalue weighted by Gasteiger charge is 2.13. The van der Waals surface area contributed by atoms with E-state index in [9.17, 15) is 0 Å². The molecule has 0 spiro atoms. The normalized spacial score (nSPS) is 13.5. The van der Waals surface area contributed by atoms with Crippen LogP contribution in [0.3, 0.4) is 0 Å². The molecule has 2 aromatic rings. The van der Waals surface area contributed by atoms with Crippen LogP contribution in [0.5, 0.6) is 5.75 Å². The summed E-state index contributed by atoms with van der Waals surface area (Å²) in [4.78, 5) is 2.54. The molecule has 1 aliphatic heterocycles. The van der Waals surface area contributed by atoms with Gasteiger partial charge < -0.3 is 4.74 Å². The van der Waals surface area contributed by atoms with Crippen molar-refractivity contribution in [2.45, 2.75) is 4.90 Å². The third-order valence-corrected chi connectivity index (χ3v) is 3.75. The van der Waals surface area contributed by atoms with Gasteiger partial charge in [-0.05, 0) is 24.3 Å². The SMILES string of the molecule is C1=C(Sc2ccccc2)c2ccccc2OC1. The van der Waals surface area contributed by atoms with Crippen LogP contribution < -0.4 is 4.74 Å². The fourth-order valence-corrected chi connectivity index (χ4v) is 2.80. The number of ether oxygens (including phenoxy) is 1. The smallest absolute Gasteiger partial charge is 0.128 e. The van der Waals surface area contributed by atoms with Crippen molar-refractivity contribution in [2.24, 2.45) is 0 Å². The number of fused-ring (bicyclic) bond motifs is 1. The number of thioether (sulfide) groups is 1. The molecule has 0 bridgehead atoms. The van der Waals surface area contributed by atoms with Crippen molar-refractivity contribution < 1.29 is 4.74 Å². The Morgan fingerprint density at radius 2 is 1.65 bits per heavy atom. The van der Waals surface area contributed by atoms with Gasteiger partial charge in [-0.2, -0.15) is 0 Å². The van der Waals surface area contributed by atoms with E-state index in [4.69, 9.17) is 4.74 Å². The molecule has 0 radical (unpaired) electrons. The Morgan fingerprint density at radius 1 is 0.882 bits per heavy atom. The lowest BCUT2D eigenvalue weighted by Gasteiger charge is -2.17. The monoisotopic (exact) mass is 240 g/mol. The Labute approximate surface area is 105 Å². The number of rotatable bonds is 2. The van der Waals surface area contributed by atoms with Gasteiger partial charge in [0.1, 0.15) is 12.4 Å². The van der Waals surface area contributed by atoms with E-state index in [0.29, 0.717) is 6.61 Å². The van der Waals surface area contributed by atoms with Crippen molar-refractivity contribution in [2.75, 3.05) is 6.61 Å². The molecule has 2 aromatic carbocycles. The van der Waals surface area contributed by atoms with Crippen LogP contribution in [0.25, 0.3) is 4.91 Å². The first kappa shape index (κ1) is 10.5. The quantitative estimate of drug-likeness (QED) is 0.777. The minimum absolute atomic E-state index is 0.659. The Balaban J connectivity index is 1.92. The van der Waals surface area contributed by atoms with Crippen LogP contribution in [0.1, 0.15) is 5.56 Å². The van der Waals surface area contributed by atoms with E-state index in [-0.39, 0.29) is 0 Å². The molecule has 1 aliphatic rings. The van der Waals surface area contributed by atoms with E-state index in [1.807, 2.05) is 24.3 Å². The Kier molecular flexibility index (Phi) is 2.88. The second-order valence-corrected chi connectivity index (χ2v) is 4.91. The van der Waals surface area contributed by atoms with Gasteiger partial charge in [-0.1, -0.05) is 48.2 Å². The standard InChI is InChI=1S/C15H12OS/c1-2-6-12(7-3-1)17-15-10-11-16-14-9-5-4-8-13(14)15/h1-10H,11H2. The summed E-state index contributed by atoms with van der Waals surface area (Å²) in [5.74, 6) is 0.980. The summed E-state index contributed by atoms with van der Waals surface area (Å²) in [5, 5.41) is 0. The molecule has 0 saturated carbocycles. The zero-order valence-corrected chi connectivity index (χ0v) is 10.1. The Bertz CT molecular complexity index is 546. The molecule has 3 rings (SSSR count). The second-order valence-electron chi connectivity index (χ2n) is 3.79. The van der Waals surface area contributed by atoms with E-state index in [1.54, 1.807) is 11.8 Å². The van der Waals surface area contributed by atoms with E-state index < -0.39 is 0 Å². The molecule has 2 heteroatoms. The highest BCUT2D eigenvalue weighted by atomic mass is 32.2. The maximum atomic E-state index is 5.60. The molecule has 1 heterocycles. The minimum atomic E-state index is 0.659.